The van der Waals surface area contributed by atoms with Gasteiger partial charge in [0.15, 0.2) is 11.5 Å². The molecule has 2 heterocycles. The highest BCUT2D eigenvalue weighted by molar-refractivity contribution is 8.11. The number of benzene rings is 1. The van der Waals surface area contributed by atoms with Crippen molar-refractivity contribution in [2.75, 3.05) is 51.8 Å². The van der Waals surface area contributed by atoms with E-state index < -0.39 is 9.24 Å². The molecule has 31 heavy (non-hydrogen) atoms. The third-order valence-electron chi connectivity index (χ3n) is 5.64. The van der Waals surface area contributed by atoms with Gasteiger partial charge in [-0.15, -0.1) is 0 Å². The van der Waals surface area contributed by atoms with Crippen LogP contribution in [-0.2, 0) is 9.24 Å². The number of anilines is 1. The molecule has 0 unspecified atom stereocenters. The minimum Gasteiger partial charge on any atom is -0.493 e. The molecule has 9 nitrogen and oxygen atoms in total. The van der Waals surface area contributed by atoms with Crippen LogP contribution in [0.3, 0.4) is 0 Å². The van der Waals surface area contributed by atoms with Crippen LogP contribution in [0.5, 0.6) is 11.5 Å². The van der Waals surface area contributed by atoms with E-state index in [0.29, 0.717) is 30.4 Å². The lowest BCUT2D eigenvalue weighted by Gasteiger charge is -2.33. The van der Waals surface area contributed by atoms with Crippen molar-refractivity contribution in [2.45, 2.75) is 25.7 Å². The molecule has 0 radical (unpaired) electrons. The molecule has 0 saturated carbocycles. The van der Waals surface area contributed by atoms with Crippen LogP contribution in [0, 0.1) is 5.92 Å². The summed E-state index contributed by atoms with van der Waals surface area (Å²) < 4.78 is 35.1. The average molecular weight is 472 g/mol. The number of nitrogens with two attached hydrogens (primary N) is 1. The van der Waals surface area contributed by atoms with Crippen molar-refractivity contribution in [1.82, 2.24) is 14.3 Å². The van der Waals surface area contributed by atoms with Crippen LogP contribution in [0.15, 0.2) is 18.5 Å². The normalized spacial score (nSPS) is 15.6. The smallest absolute Gasteiger partial charge is 0.299 e. The summed E-state index contributed by atoms with van der Waals surface area (Å²) in [4.78, 5) is 11.2. The Morgan fingerprint density at radius 1 is 1.26 bits per heavy atom. The fourth-order valence-electron chi connectivity index (χ4n) is 3.82. The van der Waals surface area contributed by atoms with E-state index in [4.69, 9.17) is 25.9 Å². The second-order valence-corrected chi connectivity index (χ2v) is 10.3. The molecular weight excluding hydrogens is 442 g/mol. The van der Waals surface area contributed by atoms with Gasteiger partial charge in [0, 0.05) is 48.8 Å². The van der Waals surface area contributed by atoms with Crippen molar-refractivity contribution in [2.24, 2.45) is 11.7 Å². The van der Waals surface area contributed by atoms with Gasteiger partial charge in [0.25, 0.3) is 9.24 Å². The summed E-state index contributed by atoms with van der Waals surface area (Å²) in [6, 6.07) is 3.74. The zero-order chi connectivity index (χ0) is 22.4. The molecular formula is C20H30ClN5O4S. The Morgan fingerprint density at radius 2 is 2.00 bits per heavy atom. The number of fused-ring (bicyclic) bond motifs is 1. The van der Waals surface area contributed by atoms with Crippen LogP contribution in [0.1, 0.15) is 25.7 Å². The Bertz CT molecular complexity index is 983. The Balaban J connectivity index is 1.75. The van der Waals surface area contributed by atoms with Crippen LogP contribution in [-0.4, -0.2) is 69.6 Å². The standard InChI is InChI=1S/C20H30ClN5O4S/c1-25(31(21,27)28)8-3-11-30-19-12-16-17(13-18(19)29-2)23-14-24-20(16)26-9-5-15(4-7-22)6-10-26/h12-15H,3-11,22H2,1-2H3. The highest BCUT2D eigenvalue weighted by atomic mass is 35.7. The molecule has 0 spiro atoms. The first-order chi connectivity index (χ1) is 14.8. The minimum absolute atomic E-state index is 0.258. The summed E-state index contributed by atoms with van der Waals surface area (Å²) in [5.41, 5.74) is 6.50. The van der Waals surface area contributed by atoms with E-state index in [9.17, 15) is 8.42 Å². The number of hydrogen-bond acceptors (Lipinski definition) is 8. The maximum atomic E-state index is 11.3. The Hall–Kier alpha value is -1.88. The van der Waals surface area contributed by atoms with E-state index in [1.807, 2.05) is 12.1 Å². The summed E-state index contributed by atoms with van der Waals surface area (Å²) in [6.07, 6.45) is 5.31. The van der Waals surface area contributed by atoms with Crippen molar-refractivity contribution < 1.29 is 17.9 Å². The predicted molar refractivity (Wildman–Crippen MR) is 122 cm³/mol. The zero-order valence-corrected chi connectivity index (χ0v) is 19.5. The predicted octanol–water partition coefficient (Wildman–Crippen LogP) is 2.39. The molecule has 0 bridgehead atoms. The van der Waals surface area contributed by atoms with Gasteiger partial charge in [-0.1, -0.05) is 0 Å². The van der Waals surface area contributed by atoms with Gasteiger partial charge in [-0.2, -0.15) is 12.7 Å². The number of piperidine rings is 1. The summed E-state index contributed by atoms with van der Waals surface area (Å²) in [5.74, 6) is 2.69. The number of rotatable bonds is 10. The van der Waals surface area contributed by atoms with Gasteiger partial charge in [0.1, 0.15) is 12.1 Å². The maximum absolute atomic E-state index is 11.3. The molecule has 172 valence electrons. The maximum Gasteiger partial charge on any atom is 0.299 e. The molecule has 1 aliphatic rings. The van der Waals surface area contributed by atoms with Crippen LogP contribution in [0.2, 0.25) is 0 Å². The molecule has 0 atom stereocenters. The summed E-state index contributed by atoms with van der Waals surface area (Å²) in [7, 11) is 4.61. The van der Waals surface area contributed by atoms with E-state index in [1.165, 1.54) is 7.05 Å². The second-order valence-electron chi connectivity index (χ2n) is 7.69. The van der Waals surface area contributed by atoms with Crippen molar-refractivity contribution in [3.8, 4) is 11.5 Å². The molecule has 11 heteroatoms. The fraction of sp³-hybridized carbons (Fsp3) is 0.600. The monoisotopic (exact) mass is 471 g/mol. The first kappa shape index (κ1) is 23.8. The second kappa shape index (κ2) is 10.6. The van der Waals surface area contributed by atoms with E-state index in [0.717, 1.165) is 59.9 Å². The van der Waals surface area contributed by atoms with Gasteiger partial charge in [0.2, 0.25) is 0 Å². The van der Waals surface area contributed by atoms with E-state index in [-0.39, 0.29) is 6.54 Å². The zero-order valence-electron chi connectivity index (χ0n) is 18.0. The molecule has 0 amide bonds. The Kier molecular flexibility index (Phi) is 8.15. The number of ether oxygens (including phenoxy) is 2. The number of aromatic nitrogens is 2. The molecule has 1 saturated heterocycles. The molecule has 0 aliphatic carbocycles. The Labute approximate surface area is 188 Å². The van der Waals surface area contributed by atoms with Gasteiger partial charge >= 0.3 is 0 Å². The van der Waals surface area contributed by atoms with Crippen LogP contribution >= 0.6 is 10.7 Å². The quantitative estimate of drug-likeness (QED) is 0.415. The van der Waals surface area contributed by atoms with Gasteiger partial charge in [-0.05, 0) is 44.2 Å². The van der Waals surface area contributed by atoms with Crippen molar-refractivity contribution in [3.63, 3.8) is 0 Å². The van der Waals surface area contributed by atoms with Gasteiger partial charge in [0.05, 0.1) is 19.2 Å². The minimum atomic E-state index is -3.72. The molecule has 1 aromatic heterocycles. The first-order valence-corrected chi connectivity index (χ1v) is 12.7. The molecule has 1 aliphatic heterocycles. The Morgan fingerprint density at radius 3 is 2.65 bits per heavy atom. The molecule has 3 rings (SSSR count). The van der Waals surface area contributed by atoms with Gasteiger partial charge in [-0.3, -0.25) is 0 Å². The van der Waals surface area contributed by atoms with Crippen LogP contribution in [0.4, 0.5) is 5.82 Å². The van der Waals surface area contributed by atoms with Gasteiger partial charge in [-0.25, -0.2) is 9.97 Å². The van der Waals surface area contributed by atoms with Crippen LogP contribution in [0.25, 0.3) is 10.9 Å². The highest BCUT2D eigenvalue weighted by Crippen LogP contribution is 2.36. The van der Waals surface area contributed by atoms with Gasteiger partial charge < -0.3 is 20.1 Å². The summed E-state index contributed by atoms with van der Waals surface area (Å²) in [5, 5.41) is 0.899. The number of hydrogen-bond donors (Lipinski definition) is 1. The lowest BCUT2D eigenvalue weighted by Crippen LogP contribution is -2.35. The van der Waals surface area contributed by atoms with Crippen molar-refractivity contribution in [3.05, 3.63) is 18.5 Å². The van der Waals surface area contributed by atoms with Crippen molar-refractivity contribution in [1.29, 1.82) is 0 Å². The summed E-state index contributed by atoms with van der Waals surface area (Å²) in [6.45, 7) is 3.16. The first-order valence-electron chi connectivity index (χ1n) is 10.4. The lowest BCUT2D eigenvalue weighted by molar-refractivity contribution is 0.280. The third kappa shape index (κ3) is 6.09. The number of methoxy groups -OCH3 is 1. The highest BCUT2D eigenvalue weighted by Gasteiger charge is 2.22. The SMILES string of the molecule is COc1cc2ncnc(N3CCC(CCN)CC3)c2cc1OCCCN(C)S(=O)(=O)Cl. The fourth-order valence-corrected chi connectivity index (χ4v) is 4.38. The van der Waals surface area contributed by atoms with E-state index in [1.54, 1.807) is 13.4 Å². The number of nitrogens with zero attached hydrogens (tertiary/aromatic N) is 4. The average Bonchev–Trinajstić information content (AvgIpc) is 2.75. The topological polar surface area (TPSA) is 111 Å². The number of halogens is 1. The largest absolute Gasteiger partial charge is 0.493 e. The van der Waals surface area contributed by atoms with Crippen molar-refractivity contribution >= 4 is 36.6 Å². The van der Waals surface area contributed by atoms with E-state index >= 15 is 0 Å². The molecule has 2 aromatic rings. The van der Waals surface area contributed by atoms with E-state index in [2.05, 4.69) is 14.9 Å². The molecule has 1 fully saturated rings. The summed E-state index contributed by atoms with van der Waals surface area (Å²) >= 11 is 0. The lowest BCUT2D eigenvalue weighted by atomic mass is 9.93. The molecule has 2 N–H and O–H groups in total. The third-order valence-corrected chi connectivity index (χ3v) is 7.27. The molecule has 1 aromatic carbocycles. The van der Waals surface area contributed by atoms with Crippen LogP contribution < -0.4 is 20.1 Å².